The Bertz CT molecular complexity index is 1680. The van der Waals surface area contributed by atoms with Gasteiger partial charge in [0, 0.05) is 58.9 Å². The summed E-state index contributed by atoms with van der Waals surface area (Å²) in [5.41, 5.74) is 5.08. The molecule has 0 saturated carbocycles. The van der Waals surface area contributed by atoms with Crippen molar-refractivity contribution < 1.29 is 19.1 Å². The van der Waals surface area contributed by atoms with Gasteiger partial charge in [0.25, 0.3) is 11.4 Å². The molecule has 1 N–H and O–H groups in total. The number of nitro benzene ring substituents is 2. The number of hydrogen-bond acceptors (Lipinski definition) is 7. The van der Waals surface area contributed by atoms with Crippen LogP contribution in [-0.4, -0.2) is 26.5 Å². The third kappa shape index (κ3) is 4.40. The van der Waals surface area contributed by atoms with E-state index in [9.17, 15) is 25.0 Å². The average molecular weight is 483 g/mol. The van der Waals surface area contributed by atoms with Gasteiger partial charge in [-0.25, -0.2) is 5.43 Å². The fourth-order valence-electron chi connectivity index (χ4n) is 3.95. The number of furan rings is 1. The quantitative estimate of drug-likeness (QED) is 0.195. The normalized spacial score (nSPS) is 11.3. The molecule has 11 nitrogen and oxygen atoms in total. The van der Waals surface area contributed by atoms with E-state index in [4.69, 9.17) is 4.42 Å². The van der Waals surface area contributed by atoms with Crippen LogP contribution in [0.3, 0.4) is 0 Å². The second-order valence-corrected chi connectivity index (χ2v) is 7.95. The molecule has 3 aromatic carbocycles. The minimum Gasteiger partial charge on any atom is -0.451 e. The number of rotatable bonds is 7. The van der Waals surface area contributed by atoms with E-state index in [-0.39, 0.29) is 17.1 Å². The number of aromatic nitrogens is 1. The molecule has 178 valence electrons. The summed E-state index contributed by atoms with van der Waals surface area (Å²) in [5, 5.41) is 27.4. The van der Waals surface area contributed by atoms with Gasteiger partial charge in [-0.3, -0.25) is 25.0 Å². The Morgan fingerprint density at radius 2 is 1.75 bits per heavy atom. The average Bonchev–Trinajstić information content (AvgIpc) is 3.45. The third-order valence-electron chi connectivity index (χ3n) is 5.60. The summed E-state index contributed by atoms with van der Waals surface area (Å²) in [6, 6.07) is 19.5. The zero-order valence-corrected chi connectivity index (χ0v) is 18.5. The number of hydrogen-bond donors (Lipinski definition) is 1. The SMILES string of the molecule is O=C(N/N=C\c1cn(Cc2cccc([N+](=O)[O-])c2)c2ccccc12)c1cc2cc([N+](=O)[O-])ccc2o1. The maximum Gasteiger partial charge on any atom is 0.307 e. The number of amides is 1. The van der Waals surface area contributed by atoms with E-state index in [1.165, 1.54) is 42.6 Å². The molecule has 0 aliphatic heterocycles. The van der Waals surface area contributed by atoms with E-state index in [1.807, 2.05) is 41.1 Å². The molecule has 2 aromatic heterocycles. The Kier molecular flexibility index (Phi) is 5.71. The van der Waals surface area contributed by atoms with E-state index in [0.29, 0.717) is 17.5 Å². The molecule has 0 radical (unpaired) electrons. The van der Waals surface area contributed by atoms with Crippen LogP contribution in [0.4, 0.5) is 11.4 Å². The Morgan fingerprint density at radius 1 is 0.972 bits per heavy atom. The van der Waals surface area contributed by atoms with Gasteiger partial charge in [-0.05, 0) is 23.8 Å². The number of nitro groups is 2. The van der Waals surface area contributed by atoms with Crippen molar-refractivity contribution in [2.24, 2.45) is 5.10 Å². The highest BCUT2D eigenvalue weighted by molar-refractivity contribution is 6.01. The van der Waals surface area contributed by atoms with Crippen molar-refractivity contribution in [3.63, 3.8) is 0 Å². The summed E-state index contributed by atoms with van der Waals surface area (Å²) >= 11 is 0. The summed E-state index contributed by atoms with van der Waals surface area (Å²) < 4.78 is 7.42. The van der Waals surface area contributed by atoms with Gasteiger partial charge in [-0.2, -0.15) is 5.10 Å². The number of non-ortho nitro benzene ring substituents is 2. The van der Waals surface area contributed by atoms with Crippen molar-refractivity contribution in [1.82, 2.24) is 9.99 Å². The van der Waals surface area contributed by atoms with Gasteiger partial charge < -0.3 is 8.98 Å². The summed E-state index contributed by atoms with van der Waals surface area (Å²) in [7, 11) is 0. The number of para-hydroxylation sites is 1. The number of carbonyl (C=O) groups excluding carboxylic acids is 1. The highest BCUT2D eigenvalue weighted by Crippen LogP contribution is 2.25. The van der Waals surface area contributed by atoms with Crippen LogP contribution in [0.1, 0.15) is 21.7 Å². The molecule has 11 heteroatoms. The van der Waals surface area contributed by atoms with Crippen LogP contribution in [0.25, 0.3) is 21.9 Å². The number of nitrogens with zero attached hydrogens (tertiary/aromatic N) is 4. The lowest BCUT2D eigenvalue weighted by Gasteiger charge is -2.05. The van der Waals surface area contributed by atoms with Crippen LogP contribution in [-0.2, 0) is 6.54 Å². The van der Waals surface area contributed by atoms with Crippen LogP contribution in [0.2, 0.25) is 0 Å². The first kappa shape index (κ1) is 22.5. The maximum absolute atomic E-state index is 12.5. The number of nitrogens with one attached hydrogen (secondary N) is 1. The lowest BCUT2D eigenvalue weighted by molar-refractivity contribution is -0.385. The molecule has 0 atom stereocenters. The number of fused-ring (bicyclic) bond motifs is 2. The summed E-state index contributed by atoms with van der Waals surface area (Å²) in [5.74, 6) is -0.638. The zero-order valence-electron chi connectivity index (χ0n) is 18.5. The Balaban J connectivity index is 1.36. The van der Waals surface area contributed by atoms with Crippen molar-refractivity contribution in [1.29, 1.82) is 0 Å². The molecule has 5 rings (SSSR count). The van der Waals surface area contributed by atoms with E-state index in [1.54, 1.807) is 6.07 Å². The molecule has 0 saturated heterocycles. The van der Waals surface area contributed by atoms with E-state index >= 15 is 0 Å². The lowest BCUT2D eigenvalue weighted by atomic mass is 10.2. The molecule has 0 bridgehead atoms. The molecule has 0 spiro atoms. The highest BCUT2D eigenvalue weighted by Gasteiger charge is 2.15. The molecule has 0 fully saturated rings. The first-order valence-electron chi connectivity index (χ1n) is 10.7. The Hall–Kier alpha value is -5.32. The summed E-state index contributed by atoms with van der Waals surface area (Å²) in [6.45, 7) is 0.410. The molecule has 2 heterocycles. The maximum atomic E-state index is 12.5. The van der Waals surface area contributed by atoms with Crippen LogP contribution in [0.5, 0.6) is 0 Å². The first-order valence-corrected chi connectivity index (χ1v) is 10.7. The third-order valence-corrected chi connectivity index (χ3v) is 5.60. The molecule has 0 aliphatic carbocycles. The molecule has 1 amide bonds. The van der Waals surface area contributed by atoms with Gasteiger partial charge in [-0.15, -0.1) is 0 Å². The summed E-state index contributed by atoms with van der Waals surface area (Å²) in [4.78, 5) is 33.6. The van der Waals surface area contributed by atoms with Gasteiger partial charge in [0.15, 0.2) is 5.76 Å². The van der Waals surface area contributed by atoms with Gasteiger partial charge in [0.05, 0.1) is 16.1 Å². The number of hydrazone groups is 1. The molecule has 5 aromatic rings. The second kappa shape index (κ2) is 9.14. The Labute approximate surface area is 202 Å². The largest absolute Gasteiger partial charge is 0.451 e. The van der Waals surface area contributed by atoms with Gasteiger partial charge >= 0.3 is 5.91 Å². The van der Waals surface area contributed by atoms with Crippen LogP contribution >= 0.6 is 0 Å². The molecule has 36 heavy (non-hydrogen) atoms. The predicted molar refractivity (Wildman–Crippen MR) is 132 cm³/mol. The molecule has 0 aliphatic rings. The highest BCUT2D eigenvalue weighted by atomic mass is 16.6. The monoisotopic (exact) mass is 483 g/mol. The first-order chi connectivity index (χ1) is 17.4. The van der Waals surface area contributed by atoms with Gasteiger partial charge in [-0.1, -0.05) is 30.3 Å². The van der Waals surface area contributed by atoms with Crippen LogP contribution < -0.4 is 5.43 Å². The summed E-state index contributed by atoms with van der Waals surface area (Å²) in [6.07, 6.45) is 3.34. The van der Waals surface area contributed by atoms with Crippen LogP contribution in [0.15, 0.2) is 88.5 Å². The lowest BCUT2D eigenvalue weighted by Crippen LogP contribution is -2.16. The van der Waals surface area contributed by atoms with Crippen molar-refractivity contribution >= 4 is 45.4 Å². The molecular weight excluding hydrogens is 466 g/mol. The minimum absolute atomic E-state index is 0.0219. The smallest absolute Gasteiger partial charge is 0.307 e. The predicted octanol–water partition coefficient (Wildman–Crippen LogP) is 5.02. The topological polar surface area (TPSA) is 146 Å². The van der Waals surface area contributed by atoms with E-state index in [2.05, 4.69) is 10.5 Å². The van der Waals surface area contributed by atoms with E-state index in [0.717, 1.165) is 22.0 Å². The van der Waals surface area contributed by atoms with Crippen LogP contribution in [0, 0.1) is 20.2 Å². The van der Waals surface area contributed by atoms with Crippen molar-refractivity contribution in [3.8, 4) is 0 Å². The Morgan fingerprint density at radius 3 is 2.56 bits per heavy atom. The minimum atomic E-state index is -0.606. The standard InChI is InChI=1S/C25H17N5O6/c31-25(24-12-17-11-20(30(34)35)8-9-23(17)36-24)27-26-13-18-15-28(22-7-2-1-6-21(18)22)14-16-4-3-5-19(10-16)29(32)33/h1-13,15H,14H2,(H,27,31)/b26-13-. The fraction of sp³-hybridized carbons (Fsp3) is 0.0400. The molecular formula is C25H17N5O6. The second-order valence-electron chi connectivity index (χ2n) is 7.95. The number of benzene rings is 3. The van der Waals surface area contributed by atoms with E-state index < -0.39 is 15.8 Å². The zero-order chi connectivity index (χ0) is 25.2. The van der Waals surface area contributed by atoms with Gasteiger partial charge in [0.2, 0.25) is 0 Å². The van der Waals surface area contributed by atoms with Crippen molar-refractivity contribution in [2.75, 3.05) is 0 Å². The van der Waals surface area contributed by atoms with Crippen molar-refractivity contribution in [3.05, 3.63) is 116 Å². The number of carbonyl (C=O) groups is 1. The fourth-order valence-corrected chi connectivity index (χ4v) is 3.95. The van der Waals surface area contributed by atoms with Crippen molar-refractivity contribution in [2.45, 2.75) is 6.54 Å². The van der Waals surface area contributed by atoms with Gasteiger partial charge in [0.1, 0.15) is 5.58 Å². The molecule has 0 unspecified atom stereocenters.